The Balaban J connectivity index is 3.06. The Morgan fingerprint density at radius 2 is 2.31 bits per heavy atom. The smallest absolute Gasteiger partial charge is 0.342 e. The number of nitrogen functional groups attached to an aromatic ring is 1. The zero-order valence-corrected chi connectivity index (χ0v) is 7.55. The van der Waals surface area contributed by atoms with Crippen LogP contribution in [0, 0.1) is 6.92 Å². The molecule has 0 amide bonds. The van der Waals surface area contributed by atoms with Crippen molar-refractivity contribution in [3.63, 3.8) is 0 Å². The minimum Gasteiger partial charge on any atom is -0.493 e. The molecule has 0 saturated heterocycles. The van der Waals surface area contributed by atoms with Crippen molar-refractivity contribution in [2.75, 3.05) is 12.3 Å². The second-order valence-corrected chi connectivity index (χ2v) is 2.61. The lowest BCUT2D eigenvalue weighted by molar-refractivity contribution is 0.0527. The number of carbonyl (C=O) groups is 1. The molecule has 1 aromatic heterocycles. The van der Waals surface area contributed by atoms with E-state index in [1.165, 1.54) is 0 Å². The van der Waals surface area contributed by atoms with E-state index in [9.17, 15) is 4.79 Å². The second-order valence-electron chi connectivity index (χ2n) is 2.61. The largest absolute Gasteiger partial charge is 0.493 e. The first-order chi connectivity index (χ1) is 6.07. The lowest BCUT2D eigenvalue weighted by Gasteiger charge is -2.00. The van der Waals surface area contributed by atoms with Gasteiger partial charge >= 0.3 is 5.97 Å². The average molecular weight is 184 g/mol. The van der Waals surface area contributed by atoms with E-state index >= 15 is 0 Å². The van der Waals surface area contributed by atoms with Crippen molar-refractivity contribution in [1.29, 1.82) is 0 Å². The third kappa shape index (κ3) is 1.58. The number of nitrogens with one attached hydrogen (secondary N) is 1. The van der Waals surface area contributed by atoms with Gasteiger partial charge in [-0.15, -0.1) is 0 Å². The summed E-state index contributed by atoms with van der Waals surface area (Å²) in [5.41, 5.74) is 6.21. The van der Waals surface area contributed by atoms with Crippen molar-refractivity contribution in [2.45, 2.75) is 13.8 Å². The van der Waals surface area contributed by atoms with Crippen LogP contribution in [0.1, 0.15) is 23.0 Å². The molecule has 0 saturated carbocycles. The maximum Gasteiger partial charge on any atom is 0.342 e. The van der Waals surface area contributed by atoms with Crippen LogP contribution < -0.4 is 5.73 Å². The molecular weight excluding hydrogens is 172 g/mol. The molecule has 0 aromatic carbocycles. The minimum atomic E-state index is -0.519. The van der Waals surface area contributed by atoms with Crippen LogP contribution in [-0.2, 0) is 4.74 Å². The minimum absolute atomic E-state index is 0.0379. The molecule has 0 unspecified atom stereocenters. The molecule has 1 heterocycles. The Morgan fingerprint density at radius 1 is 1.69 bits per heavy atom. The van der Waals surface area contributed by atoms with E-state index < -0.39 is 5.97 Å². The molecule has 1 rings (SSSR count). The lowest BCUT2D eigenvalue weighted by Crippen LogP contribution is -2.07. The van der Waals surface area contributed by atoms with Crippen LogP contribution in [0.5, 0.6) is 5.88 Å². The molecule has 5 nitrogen and oxygen atoms in total. The first kappa shape index (κ1) is 9.44. The summed E-state index contributed by atoms with van der Waals surface area (Å²) in [7, 11) is 0. The summed E-state index contributed by atoms with van der Waals surface area (Å²) in [5.74, 6) is -0.713. The molecule has 0 aliphatic rings. The zero-order valence-electron chi connectivity index (χ0n) is 7.55. The summed E-state index contributed by atoms with van der Waals surface area (Å²) in [6, 6.07) is 0. The summed E-state index contributed by atoms with van der Waals surface area (Å²) in [4.78, 5) is 13.8. The fraction of sp³-hybridized carbons (Fsp3) is 0.375. The molecule has 0 atom stereocenters. The SMILES string of the molecule is CCOC(=O)c1c(C)[nH]c(O)c1N. The van der Waals surface area contributed by atoms with Gasteiger partial charge in [-0.05, 0) is 13.8 Å². The summed E-state index contributed by atoms with van der Waals surface area (Å²) >= 11 is 0. The maximum absolute atomic E-state index is 11.3. The fourth-order valence-electron chi connectivity index (χ4n) is 1.09. The molecular formula is C8H12N2O3. The number of aromatic hydroxyl groups is 1. The average Bonchev–Trinajstić information content (AvgIpc) is 2.27. The number of aromatic nitrogens is 1. The Kier molecular flexibility index (Phi) is 2.46. The van der Waals surface area contributed by atoms with Crippen LogP contribution in [-0.4, -0.2) is 22.7 Å². The Morgan fingerprint density at radius 3 is 2.69 bits per heavy atom. The highest BCUT2D eigenvalue weighted by Crippen LogP contribution is 2.26. The van der Waals surface area contributed by atoms with Crippen LogP contribution in [0.2, 0.25) is 0 Å². The van der Waals surface area contributed by atoms with E-state index in [0.717, 1.165) is 0 Å². The van der Waals surface area contributed by atoms with Crippen LogP contribution in [0.3, 0.4) is 0 Å². The highest BCUT2D eigenvalue weighted by molar-refractivity contribution is 5.97. The van der Waals surface area contributed by atoms with Gasteiger partial charge in [-0.3, -0.25) is 0 Å². The van der Waals surface area contributed by atoms with Gasteiger partial charge in [-0.2, -0.15) is 0 Å². The first-order valence-corrected chi connectivity index (χ1v) is 3.92. The number of nitrogens with two attached hydrogens (primary N) is 1. The topological polar surface area (TPSA) is 88.3 Å². The Labute approximate surface area is 75.5 Å². The molecule has 1 aromatic rings. The Bertz CT molecular complexity index is 330. The van der Waals surface area contributed by atoms with Gasteiger partial charge in [0.2, 0.25) is 5.88 Å². The van der Waals surface area contributed by atoms with Crippen molar-refractivity contribution in [3.05, 3.63) is 11.3 Å². The standard InChI is InChI=1S/C8H12N2O3/c1-3-13-8(12)5-4(2)10-7(11)6(5)9/h10-11H,3,9H2,1-2H3. The zero-order chi connectivity index (χ0) is 10.0. The van der Waals surface area contributed by atoms with Gasteiger partial charge in [-0.1, -0.05) is 0 Å². The van der Waals surface area contributed by atoms with Crippen LogP contribution >= 0.6 is 0 Å². The molecule has 0 aliphatic carbocycles. The van der Waals surface area contributed by atoms with Crippen molar-refractivity contribution in [2.24, 2.45) is 0 Å². The molecule has 0 fully saturated rings. The van der Waals surface area contributed by atoms with Crippen molar-refractivity contribution >= 4 is 11.7 Å². The fourth-order valence-corrected chi connectivity index (χ4v) is 1.09. The molecule has 5 heteroatoms. The van der Waals surface area contributed by atoms with Crippen LogP contribution in [0.15, 0.2) is 0 Å². The van der Waals surface area contributed by atoms with Crippen molar-refractivity contribution in [3.8, 4) is 5.88 Å². The lowest BCUT2D eigenvalue weighted by atomic mass is 10.2. The number of anilines is 1. The number of ether oxygens (including phenoxy) is 1. The molecule has 0 aliphatic heterocycles. The van der Waals surface area contributed by atoms with Gasteiger partial charge in [0.1, 0.15) is 11.3 Å². The highest BCUT2D eigenvalue weighted by Gasteiger charge is 2.19. The molecule has 0 radical (unpaired) electrons. The van der Waals surface area contributed by atoms with Gasteiger partial charge in [0.15, 0.2) is 0 Å². The third-order valence-corrected chi connectivity index (χ3v) is 1.68. The van der Waals surface area contributed by atoms with Gasteiger partial charge < -0.3 is 20.6 Å². The molecule has 72 valence electrons. The van der Waals surface area contributed by atoms with E-state index in [2.05, 4.69) is 4.98 Å². The molecule has 0 bridgehead atoms. The highest BCUT2D eigenvalue weighted by atomic mass is 16.5. The van der Waals surface area contributed by atoms with Gasteiger partial charge in [0.25, 0.3) is 0 Å². The quantitative estimate of drug-likeness (QED) is 0.593. The van der Waals surface area contributed by atoms with Gasteiger partial charge in [0, 0.05) is 5.69 Å². The summed E-state index contributed by atoms with van der Waals surface area (Å²) in [6.07, 6.45) is 0. The third-order valence-electron chi connectivity index (χ3n) is 1.68. The van der Waals surface area contributed by atoms with E-state index in [-0.39, 0.29) is 23.7 Å². The number of hydrogen-bond acceptors (Lipinski definition) is 4. The monoisotopic (exact) mass is 184 g/mol. The van der Waals surface area contributed by atoms with Crippen molar-refractivity contribution < 1.29 is 14.6 Å². The number of aryl methyl sites for hydroxylation is 1. The van der Waals surface area contributed by atoms with Crippen LogP contribution in [0.25, 0.3) is 0 Å². The summed E-state index contributed by atoms with van der Waals surface area (Å²) < 4.78 is 4.75. The number of H-pyrrole nitrogens is 1. The van der Waals surface area contributed by atoms with E-state index in [0.29, 0.717) is 5.69 Å². The summed E-state index contributed by atoms with van der Waals surface area (Å²) in [5, 5.41) is 9.15. The van der Waals surface area contributed by atoms with Crippen LogP contribution in [0.4, 0.5) is 5.69 Å². The molecule has 0 spiro atoms. The van der Waals surface area contributed by atoms with Crippen molar-refractivity contribution in [1.82, 2.24) is 4.98 Å². The molecule has 13 heavy (non-hydrogen) atoms. The molecule has 4 N–H and O–H groups in total. The van der Waals surface area contributed by atoms with E-state index in [4.69, 9.17) is 15.6 Å². The normalized spacial score (nSPS) is 10.0. The summed E-state index contributed by atoms with van der Waals surface area (Å²) in [6.45, 7) is 3.63. The number of aromatic amines is 1. The van der Waals surface area contributed by atoms with Gasteiger partial charge in [0.05, 0.1) is 6.61 Å². The second kappa shape index (κ2) is 3.38. The van der Waals surface area contributed by atoms with E-state index in [1.807, 2.05) is 0 Å². The van der Waals surface area contributed by atoms with Gasteiger partial charge in [-0.25, -0.2) is 4.79 Å². The predicted molar refractivity (Wildman–Crippen MR) is 47.6 cm³/mol. The number of rotatable bonds is 2. The maximum atomic E-state index is 11.3. The first-order valence-electron chi connectivity index (χ1n) is 3.92. The van der Waals surface area contributed by atoms with E-state index in [1.54, 1.807) is 13.8 Å². The number of carbonyl (C=O) groups excluding carboxylic acids is 1. The number of esters is 1. The predicted octanol–water partition coefficient (Wildman–Crippen LogP) is 0.788. The Hall–Kier alpha value is -1.65. The number of hydrogen-bond donors (Lipinski definition) is 3.